The van der Waals surface area contributed by atoms with E-state index in [2.05, 4.69) is 32.6 Å². The van der Waals surface area contributed by atoms with Crippen LogP contribution in [-0.2, 0) is 4.79 Å². The maximum absolute atomic E-state index is 13.0. The van der Waals surface area contributed by atoms with Gasteiger partial charge in [-0.3, -0.25) is 4.79 Å². The number of carbonyl (C=O) groups is 1. The van der Waals surface area contributed by atoms with Crippen molar-refractivity contribution in [2.45, 2.75) is 72.3 Å². The van der Waals surface area contributed by atoms with E-state index in [1.54, 1.807) is 0 Å². The van der Waals surface area contributed by atoms with Crippen molar-refractivity contribution in [2.24, 2.45) is 17.1 Å². The highest BCUT2D eigenvalue weighted by Crippen LogP contribution is 2.34. The van der Waals surface area contributed by atoms with Crippen LogP contribution in [0.4, 0.5) is 0 Å². The molecular formula is C16H32N2O. The second-order valence-corrected chi connectivity index (χ2v) is 6.46. The first-order valence-corrected chi connectivity index (χ1v) is 8.01. The Balaban J connectivity index is 2.86. The Morgan fingerprint density at radius 3 is 2.26 bits per heavy atom. The minimum atomic E-state index is -0.307. The van der Waals surface area contributed by atoms with Gasteiger partial charge in [0.15, 0.2) is 0 Å². The first kappa shape index (κ1) is 16.5. The molecule has 1 rings (SSSR count). The summed E-state index contributed by atoms with van der Waals surface area (Å²) in [5, 5.41) is 0. The third kappa shape index (κ3) is 3.71. The van der Waals surface area contributed by atoms with Gasteiger partial charge in [-0.25, -0.2) is 0 Å². The van der Waals surface area contributed by atoms with Crippen LogP contribution in [-0.4, -0.2) is 29.9 Å². The van der Waals surface area contributed by atoms with Crippen molar-refractivity contribution in [1.29, 1.82) is 0 Å². The van der Waals surface area contributed by atoms with Crippen molar-refractivity contribution in [3.8, 4) is 0 Å². The molecule has 1 amide bonds. The Kier molecular flexibility index (Phi) is 6.31. The predicted octanol–water partition coefficient (Wildman–Crippen LogP) is 3.18. The van der Waals surface area contributed by atoms with Crippen LogP contribution < -0.4 is 5.73 Å². The average molecular weight is 268 g/mol. The van der Waals surface area contributed by atoms with Gasteiger partial charge in [0.05, 0.1) is 5.41 Å². The number of piperidine rings is 1. The van der Waals surface area contributed by atoms with Crippen molar-refractivity contribution >= 4 is 5.91 Å². The molecule has 0 radical (unpaired) electrons. The monoisotopic (exact) mass is 268 g/mol. The number of likely N-dealkylation sites (tertiary alicyclic amines) is 1. The zero-order valence-electron chi connectivity index (χ0n) is 13.2. The lowest BCUT2D eigenvalue weighted by Gasteiger charge is -2.43. The molecule has 0 aliphatic carbocycles. The van der Waals surface area contributed by atoms with E-state index in [9.17, 15) is 4.79 Å². The van der Waals surface area contributed by atoms with Gasteiger partial charge in [-0.05, 0) is 38.5 Å². The van der Waals surface area contributed by atoms with Crippen molar-refractivity contribution in [1.82, 2.24) is 4.90 Å². The standard InChI is InChI=1S/C16H32N2O/c1-5-8-16(12-17,9-6-2)15(19)18-10-7-13(3)11-14(18)4/h13-14H,5-12,17H2,1-4H3. The van der Waals surface area contributed by atoms with Crippen LogP contribution in [0.25, 0.3) is 0 Å². The molecule has 1 heterocycles. The number of hydrogen-bond acceptors (Lipinski definition) is 2. The summed E-state index contributed by atoms with van der Waals surface area (Å²) in [6, 6.07) is 0.371. The largest absolute Gasteiger partial charge is 0.339 e. The molecule has 0 saturated carbocycles. The molecule has 112 valence electrons. The van der Waals surface area contributed by atoms with Gasteiger partial charge in [0.25, 0.3) is 0 Å². The first-order valence-electron chi connectivity index (χ1n) is 8.01. The van der Waals surface area contributed by atoms with Crippen molar-refractivity contribution in [2.75, 3.05) is 13.1 Å². The molecule has 0 aromatic carbocycles. The van der Waals surface area contributed by atoms with Gasteiger partial charge in [0.1, 0.15) is 0 Å². The molecule has 0 bridgehead atoms. The van der Waals surface area contributed by atoms with E-state index in [1.807, 2.05) is 0 Å². The fourth-order valence-corrected chi connectivity index (χ4v) is 3.60. The highest BCUT2D eigenvalue weighted by atomic mass is 16.2. The summed E-state index contributed by atoms with van der Waals surface area (Å²) in [6.45, 7) is 10.2. The lowest BCUT2D eigenvalue weighted by Crippen LogP contribution is -2.53. The summed E-state index contributed by atoms with van der Waals surface area (Å²) in [5.74, 6) is 1.06. The molecule has 1 saturated heterocycles. The number of amides is 1. The Bertz CT molecular complexity index is 284. The van der Waals surface area contributed by atoms with E-state index in [0.29, 0.717) is 18.5 Å². The lowest BCUT2D eigenvalue weighted by molar-refractivity contribution is -0.146. The molecule has 2 atom stereocenters. The van der Waals surface area contributed by atoms with Crippen LogP contribution in [0.1, 0.15) is 66.2 Å². The van der Waals surface area contributed by atoms with Crippen LogP contribution in [0, 0.1) is 11.3 Å². The molecule has 1 aliphatic rings. The molecule has 2 N–H and O–H groups in total. The minimum absolute atomic E-state index is 0.307. The fraction of sp³-hybridized carbons (Fsp3) is 0.938. The van der Waals surface area contributed by atoms with Gasteiger partial charge in [-0.15, -0.1) is 0 Å². The Labute approximate surface area is 118 Å². The van der Waals surface area contributed by atoms with Crippen molar-refractivity contribution < 1.29 is 4.79 Å². The van der Waals surface area contributed by atoms with Gasteiger partial charge in [-0.2, -0.15) is 0 Å². The Morgan fingerprint density at radius 2 is 1.84 bits per heavy atom. The molecule has 3 nitrogen and oxygen atoms in total. The molecule has 1 fully saturated rings. The first-order chi connectivity index (χ1) is 9.00. The van der Waals surface area contributed by atoms with Crippen LogP contribution in [0.3, 0.4) is 0 Å². The molecule has 3 heteroatoms. The van der Waals surface area contributed by atoms with E-state index in [1.165, 1.54) is 0 Å². The predicted molar refractivity (Wildman–Crippen MR) is 80.9 cm³/mol. The van der Waals surface area contributed by atoms with Gasteiger partial charge in [-0.1, -0.05) is 33.6 Å². The number of carbonyl (C=O) groups excluding carboxylic acids is 1. The van der Waals surface area contributed by atoms with Crippen LogP contribution in [0.5, 0.6) is 0 Å². The number of nitrogens with two attached hydrogens (primary N) is 1. The third-order valence-electron chi connectivity index (χ3n) is 4.70. The smallest absolute Gasteiger partial charge is 0.230 e. The quantitative estimate of drug-likeness (QED) is 0.804. The van der Waals surface area contributed by atoms with Crippen LogP contribution in [0.15, 0.2) is 0 Å². The molecule has 0 spiro atoms. The summed E-state index contributed by atoms with van der Waals surface area (Å²) in [5.41, 5.74) is 5.71. The Hall–Kier alpha value is -0.570. The Morgan fingerprint density at radius 1 is 1.26 bits per heavy atom. The van der Waals surface area contributed by atoms with Crippen LogP contribution >= 0.6 is 0 Å². The molecule has 0 aromatic heterocycles. The van der Waals surface area contributed by atoms with Crippen molar-refractivity contribution in [3.63, 3.8) is 0 Å². The molecule has 2 unspecified atom stereocenters. The molecule has 19 heavy (non-hydrogen) atoms. The highest BCUT2D eigenvalue weighted by Gasteiger charge is 2.40. The van der Waals surface area contributed by atoms with E-state index in [4.69, 9.17) is 5.73 Å². The molecular weight excluding hydrogens is 236 g/mol. The average Bonchev–Trinajstić information content (AvgIpc) is 2.37. The number of nitrogens with zero attached hydrogens (tertiary/aromatic N) is 1. The fourth-order valence-electron chi connectivity index (χ4n) is 3.60. The molecule has 1 aliphatic heterocycles. The van der Waals surface area contributed by atoms with E-state index in [-0.39, 0.29) is 5.41 Å². The second-order valence-electron chi connectivity index (χ2n) is 6.46. The summed E-state index contributed by atoms with van der Waals surface area (Å²) in [7, 11) is 0. The molecule has 0 aromatic rings. The number of rotatable bonds is 6. The lowest BCUT2D eigenvalue weighted by atomic mass is 9.77. The summed E-state index contributed by atoms with van der Waals surface area (Å²) < 4.78 is 0. The van der Waals surface area contributed by atoms with Gasteiger partial charge >= 0.3 is 0 Å². The summed E-state index contributed by atoms with van der Waals surface area (Å²) in [6.07, 6.45) is 6.17. The number of hydrogen-bond donors (Lipinski definition) is 1. The highest BCUT2D eigenvalue weighted by molar-refractivity contribution is 5.83. The summed E-state index contributed by atoms with van der Waals surface area (Å²) in [4.78, 5) is 15.1. The summed E-state index contributed by atoms with van der Waals surface area (Å²) >= 11 is 0. The maximum atomic E-state index is 13.0. The normalized spacial score (nSPS) is 24.6. The zero-order valence-corrected chi connectivity index (χ0v) is 13.2. The zero-order chi connectivity index (χ0) is 14.5. The van der Waals surface area contributed by atoms with E-state index < -0.39 is 0 Å². The third-order valence-corrected chi connectivity index (χ3v) is 4.70. The van der Waals surface area contributed by atoms with E-state index >= 15 is 0 Å². The topological polar surface area (TPSA) is 46.3 Å². The van der Waals surface area contributed by atoms with Gasteiger partial charge < -0.3 is 10.6 Å². The van der Waals surface area contributed by atoms with Crippen LogP contribution in [0.2, 0.25) is 0 Å². The SMILES string of the molecule is CCCC(CN)(CCC)C(=O)N1CCC(C)CC1C. The minimum Gasteiger partial charge on any atom is -0.339 e. The maximum Gasteiger partial charge on any atom is 0.230 e. The second kappa shape index (κ2) is 7.28. The van der Waals surface area contributed by atoms with Gasteiger partial charge in [0.2, 0.25) is 5.91 Å². The van der Waals surface area contributed by atoms with Crippen molar-refractivity contribution in [3.05, 3.63) is 0 Å². The van der Waals surface area contributed by atoms with E-state index in [0.717, 1.165) is 51.0 Å². The van der Waals surface area contributed by atoms with Gasteiger partial charge in [0, 0.05) is 19.1 Å².